The third-order valence-electron chi connectivity index (χ3n) is 5.56. The number of hydrogen-bond acceptors (Lipinski definition) is 4. The second-order valence-electron chi connectivity index (χ2n) is 6.89. The molecule has 2 aliphatic heterocycles. The molecule has 25 heavy (non-hydrogen) atoms. The van der Waals surface area contributed by atoms with Crippen molar-refractivity contribution in [2.24, 2.45) is 0 Å². The van der Waals surface area contributed by atoms with Crippen molar-refractivity contribution in [3.8, 4) is 0 Å². The van der Waals surface area contributed by atoms with Crippen LogP contribution in [0.1, 0.15) is 42.5 Å². The lowest BCUT2D eigenvalue weighted by Crippen LogP contribution is -2.58. The van der Waals surface area contributed by atoms with E-state index in [9.17, 15) is 4.79 Å². The van der Waals surface area contributed by atoms with Gasteiger partial charge in [0, 0.05) is 49.6 Å². The van der Waals surface area contributed by atoms with Crippen LogP contribution in [0.5, 0.6) is 0 Å². The SMILES string of the molecule is CCC(=O)N1CCc2[nH]cnc2C12CCN(Cc1ccc(Cl)s1)CC2. The molecule has 2 aromatic heterocycles. The highest BCUT2D eigenvalue weighted by Gasteiger charge is 2.48. The molecule has 1 amide bonds. The first-order valence-corrected chi connectivity index (χ1v) is 10.1. The Hall–Kier alpha value is -1.37. The van der Waals surface area contributed by atoms with E-state index in [-0.39, 0.29) is 11.4 Å². The molecule has 1 saturated heterocycles. The van der Waals surface area contributed by atoms with E-state index in [2.05, 4.69) is 25.8 Å². The van der Waals surface area contributed by atoms with Crippen molar-refractivity contribution in [1.82, 2.24) is 19.8 Å². The van der Waals surface area contributed by atoms with Crippen molar-refractivity contribution in [2.75, 3.05) is 19.6 Å². The summed E-state index contributed by atoms with van der Waals surface area (Å²) in [4.78, 5) is 26.4. The van der Waals surface area contributed by atoms with Gasteiger partial charge in [0.15, 0.2) is 0 Å². The number of aromatic nitrogens is 2. The third kappa shape index (κ3) is 3.00. The van der Waals surface area contributed by atoms with Crippen molar-refractivity contribution in [1.29, 1.82) is 0 Å². The highest BCUT2D eigenvalue weighted by molar-refractivity contribution is 7.16. The second-order valence-corrected chi connectivity index (χ2v) is 8.69. The van der Waals surface area contributed by atoms with E-state index in [1.165, 1.54) is 10.6 Å². The molecule has 134 valence electrons. The van der Waals surface area contributed by atoms with Crippen LogP contribution in [0.25, 0.3) is 0 Å². The van der Waals surface area contributed by atoms with Crippen molar-refractivity contribution < 1.29 is 4.79 Å². The van der Waals surface area contributed by atoms with Crippen molar-refractivity contribution in [2.45, 2.75) is 44.7 Å². The topological polar surface area (TPSA) is 52.2 Å². The number of likely N-dealkylation sites (tertiary alicyclic amines) is 1. The quantitative estimate of drug-likeness (QED) is 0.890. The smallest absolute Gasteiger partial charge is 0.223 e. The minimum Gasteiger partial charge on any atom is -0.348 e. The molecule has 1 N–H and O–H groups in total. The minimum absolute atomic E-state index is 0.232. The van der Waals surface area contributed by atoms with Gasteiger partial charge in [-0.3, -0.25) is 9.69 Å². The first-order chi connectivity index (χ1) is 12.1. The van der Waals surface area contributed by atoms with E-state index in [4.69, 9.17) is 11.6 Å². The minimum atomic E-state index is -0.232. The summed E-state index contributed by atoms with van der Waals surface area (Å²) in [5, 5.41) is 0. The highest BCUT2D eigenvalue weighted by atomic mass is 35.5. The van der Waals surface area contributed by atoms with Crippen molar-refractivity contribution >= 4 is 28.8 Å². The number of nitrogens with zero attached hydrogens (tertiary/aromatic N) is 3. The molecule has 1 fully saturated rings. The van der Waals surface area contributed by atoms with Crippen LogP contribution in [0.2, 0.25) is 4.34 Å². The molecule has 0 saturated carbocycles. The maximum atomic E-state index is 12.6. The van der Waals surface area contributed by atoms with Crippen molar-refractivity contribution in [3.63, 3.8) is 0 Å². The fourth-order valence-electron chi connectivity index (χ4n) is 4.28. The van der Waals surface area contributed by atoms with Gasteiger partial charge in [0.2, 0.25) is 5.91 Å². The zero-order chi connectivity index (χ0) is 17.4. The Labute approximate surface area is 157 Å². The molecule has 4 heterocycles. The number of piperidine rings is 1. The van der Waals surface area contributed by atoms with Gasteiger partial charge in [0.25, 0.3) is 0 Å². The van der Waals surface area contributed by atoms with E-state index < -0.39 is 0 Å². The van der Waals surface area contributed by atoms with E-state index in [0.717, 1.165) is 55.5 Å². The summed E-state index contributed by atoms with van der Waals surface area (Å²) in [6.45, 7) is 5.61. The summed E-state index contributed by atoms with van der Waals surface area (Å²) in [6.07, 6.45) is 5.09. The summed E-state index contributed by atoms with van der Waals surface area (Å²) in [5.74, 6) is 0.243. The average molecular weight is 379 g/mol. The fraction of sp³-hybridized carbons (Fsp3) is 0.556. The molecule has 0 bridgehead atoms. The van der Waals surface area contributed by atoms with Gasteiger partial charge in [-0.15, -0.1) is 11.3 Å². The Morgan fingerprint density at radius 1 is 1.36 bits per heavy atom. The molecule has 2 aromatic rings. The van der Waals surface area contributed by atoms with E-state index in [1.54, 1.807) is 17.7 Å². The molecule has 0 unspecified atom stereocenters. The van der Waals surface area contributed by atoms with Gasteiger partial charge in [-0.05, 0) is 25.0 Å². The predicted molar refractivity (Wildman–Crippen MR) is 99.8 cm³/mol. The number of rotatable bonds is 3. The summed E-state index contributed by atoms with van der Waals surface area (Å²) in [6, 6.07) is 4.07. The van der Waals surface area contributed by atoms with Gasteiger partial charge in [-0.1, -0.05) is 18.5 Å². The molecule has 5 nitrogen and oxygen atoms in total. The van der Waals surface area contributed by atoms with Crippen LogP contribution >= 0.6 is 22.9 Å². The Morgan fingerprint density at radius 3 is 2.84 bits per heavy atom. The maximum absolute atomic E-state index is 12.6. The Kier molecular flexibility index (Phi) is 4.60. The molecular formula is C18H23ClN4OS. The fourth-order valence-corrected chi connectivity index (χ4v) is 5.41. The molecule has 0 radical (unpaired) electrons. The molecule has 4 rings (SSSR count). The number of halogens is 1. The molecule has 1 spiro atoms. The number of imidazole rings is 1. The number of carbonyl (C=O) groups excluding carboxylic acids is 1. The van der Waals surface area contributed by atoms with Crippen molar-refractivity contribution in [3.05, 3.63) is 39.1 Å². The monoisotopic (exact) mass is 378 g/mol. The Morgan fingerprint density at radius 2 is 2.16 bits per heavy atom. The van der Waals surface area contributed by atoms with Gasteiger partial charge in [0.05, 0.1) is 21.9 Å². The Bertz CT molecular complexity index is 763. The van der Waals surface area contributed by atoms with Gasteiger partial charge < -0.3 is 9.88 Å². The molecule has 2 aliphatic rings. The number of thiophene rings is 1. The normalized spacial score (nSPS) is 20.0. The lowest BCUT2D eigenvalue weighted by atomic mass is 9.78. The lowest BCUT2D eigenvalue weighted by Gasteiger charge is -2.50. The second kappa shape index (κ2) is 6.74. The summed E-state index contributed by atoms with van der Waals surface area (Å²) >= 11 is 7.70. The largest absolute Gasteiger partial charge is 0.348 e. The molecular weight excluding hydrogens is 356 g/mol. The van der Waals surface area contributed by atoms with E-state index in [0.29, 0.717) is 6.42 Å². The number of carbonyl (C=O) groups is 1. The van der Waals surface area contributed by atoms with Gasteiger partial charge >= 0.3 is 0 Å². The zero-order valence-corrected chi connectivity index (χ0v) is 16.0. The first kappa shape index (κ1) is 17.1. The standard InChI is InChI=1S/C18H23ClN4OS/c1-2-16(24)23-8-5-14-17(21-12-20-14)18(23)6-9-22(10-7-18)11-13-3-4-15(19)25-13/h3-4,12H,2,5-11H2,1H3,(H,20,21). The summed E-state index contributed by atoms with van der Waals surface area (Å²) < 4.78 is 0.844. The van der Waals surface area contributed by atoms with Gasteiger partial charge in [-0.2, -0.15) is 0 Å². The third-order valence-corrected chi connectivity index (χ3v) is 6.77. The lowest BCUT2D eigenvalue weighted by molar-refractivity contribution is -0.141. The summed E-state index contributed by atoms with van der Waals surface area (Å²) in [5.41, 5.74) is 2.07. The molecule has 0 aliphatic carbocycles. The first-order valence-electron chi connectivity index (χ1n) is 8.92. The molecule has 0 aromatic carbocycles. The number of fused-ring (bicyclic) bond motifs is 2. The van der Waals surface area contributed by atoms with Crippen LogP contribution < -0.4 is 0 Å². The van der Waals surface area contributed by atoms with Crippen LogP contribution in [-0.2, 0) is 23.3 Å². The number of amides is 1. The van der Waals surface area contributed by atoms with Gasteiger partial charge in [0.1, 0.15) is 0 Å². The number of aromatic amines is 1. The van der Waals surface area contributed by atoms with Crippen LogP contribution in [0, 0.1) is 0 Å². The molecule has 7 heteroatoms. The van der Waals surface area contributed by atoms with E-state index in [1.807, 2.05) is 13.0 Å². The van der Waals surface area contributed by atoms with Crippen LogP contribution in [-0.4, -0.2) is 45.3 Å². The van der Waals surface area contributed by atoms with Crippen LogP contribution in [0.4, 0.5) is 0 Å². The predicted octanol–water partition coefficient (Wildman–Crippen LogP) is 3.41. The van der Waals surface area contributed by atoms with Crippen LogP contribution in [0.15, 0.2) is 18.5 Å². The van der Waals surface area contributed by atoms with Gasteiger partial charge in [-0.25, -0.2) is 4.98 Å². The molecule has 0 atom stereocenters. The van der Waals surface area contributed by atoms with E-state index >= 15 is 0 Å². The number of H-pyrrole nitrogens is 1. The number of hydrogen-bond donors (Lipinski definition) is 1. The number of nitrogens with one attached hydrogen (secondary N) is 1. The zero-order valence-electron chi connectivity index (χ0n) is 14.4. The van der Waals surface area contributed by atoms with Crippen LogP contribution in [0.3, 0.4) is 0 Å². The Balaban J connectivity index is 1.55. The highest BCUT2D eigenvalue weighted by Crippen LogP contribution is 2.42. The maximum Gasteiger partial charge on any atom is 0.223 e. The summed E-state index contributed by atoms with van der Waals surface area (Å²) in [7, 11) is 0. The average Bonchev–Trinajstić information content (AvgIpc) is 3.26.